The van der Waals surface area contributed by atoms with Gasteiger partial charge in [-0.05, 0) is 73.7 Å². The van der Waals surface area contributed by atoms with Crippen LogP contribution in [-0.2, 0) is 0 Å². The molecule has 6 rings (SSSR count). The van der Waals surface area contributed by atoms with Crippen LogP contribution in [0.25, 0.3) is 38.8 Å². The lowest BCUT2D eigenvalue weighted by atomic mass is 9.92. The molecule has 0 bridgehead atoms. The SMILES string of the molecule is NC(=O)c1ccc(-n2ccc3c(-c4cnc5ccccc5c4)ccnc32)cc1NC1CCC(O)CC1. The minimum Gasteiger partial charge on any atom is -0.393 e. The van der Waals surface area contributed by atoms with Gasteiger partial charge in [0.15, 0.2) is 0 Å². The van der Waals surface area contributed by atoms with Crippen LogP contribution in [0.1, 0.15) is 36.0 Å². The summed E-state index contributed by atoms with van der Waals surface area (Å²) in [5.41, 5.74) is 11.6. The van der Waals surface area contributed by atoms with Gasteiger partial charge in [0, 0.05) is 52.3 Å². The molecule has 0 atom stereocenters. The van der Waals surface area contributed by atoms with Gasteiger partial charge >= 0.3 is 0 Å². The molecule has 0 unspecified atom stereocenters. The number of aliphatic hydroxyl groups is 1. The number of aromatic nitrogens is 3. The first-order valence-electron chi connectivity index (χ1n) is 12.3. The van der Waals surface area contributed by atoms with Crippen molar-refractivity contribution >= 4 is 33.5 Å². The molecule has 7 heteroatoms. The van der Waals surface area contributed by atoms with Crippen LogP contribution in [0, 0.1) is 0 Å². The van der Waals surface area contributed by atoms with Gasteiger partial charge in [0.05, 0.1) is 17.2 Å². The van der Waals surface area contributed by atoms with Gasteiger partial charge in [-0.25, -0.2) is 4.98 Å². The van der Waals surface area contributed by atoms with Crippen molar-refractivity contribution in [1.29, 1.82) is 0 Å². The van der Waals surface area contributed by atoms with Gasteiger partial charge in [-0.15, -0.1) is 0 Å². The Morgan fingerprint density at radius 3 is 2.67 bits per heavy atom. The van der Waals surface area contributed by atoms with Gasteiger partial charge in [-0.1, -0.05) is 18.2 Å². The summed E-state index contributed by atoms with van der Waals surface area (Å²) in [7, 11) is 0. The van der Waals surface area contributed by atoms with Gasteiger partial charge in [0.2, 0.25) is 0 Å². The zero-order valence-electron chi connectivity index (χ0n) is 19.8. The Balaban J connectivity index is 1.40. The van der Waals surface area contributed by atoms with Crippen molar-refractivity contribution in [2.75, 3.05) is 5.32 Å². The molecule has 4 N–H and O–H groups in total. The molecule has 180 valence electrons. The number of carbonyl (C=O) groups excluding carboxylic acids is 1. The summed E-state index contributed by atoms with van der Waals surface area (Å²) < 4.78 is 2.02. The smallest absolute Gasteiger partial charge is 0.250 e. The number of rotatable bonds is 5. The van der Waals surface area contributed by atoms with Crippen molar-refractivity contribution < 1.29 is 9.90 Å². The zero-order valence-corrected chi connectivity index (χ0v) is 19.8. The third kappa shape index (κ3) is 4.07. The average molecular weight is 478 g/mol. The average Bonchev–Trinajstić information content (AvgIpc) is 3.34. The topological polar surface area (TPSA) is 106 Å². The van der Waals surface area contributed by atoms with E-state index in [2.05, 4.69) is 33.5 Å². The summed E-state index contributed by atoms with van der Waals surface area (Å²) in [5, 5.41) is 15.5. The molecule has 3 heterocycles. The number of amides is 1. The van der Waals surface area contributed by atoms with Crippen molar-refractivity contribution in [3.8, 4) is 16.8 Å². The minimum absolute atomic E-state index is 0.188. The highest BCUT2D eigenvalue weighted by Gasteiger charge is 2.21. The number of fused-ring (bicyclic) bond motifs is 2. The maximum absolute atomic E-state index is 12.1. The number of para-hydroxylation sites is 1. The summed E-state index contributed by atoms with van der Waals surface area (Å²) in [5.74, 6) is -0.471. The second kappa shape index (κ2) is 9.09. The third-order valence-electron chi connectivity index (χ3n) is 7.09. The van der Waals surface area contributed by atoms with E-state index >= 15 is 0 Å². The zero-order chi connectivity index (χ0) is 24.6. The first-order valence-corrected chi connectivity index (χ1v) is 12.3. The number of carbonyl (C=O) groups is 1. The fourth-order valence-corrected chi connectivity index (χ4v) is 5.17. The summed E-state index contributed by atoms with van der Waals surface area (Å²) in [6, 6.07) is 20.1. The number of benzene rings is 2. The molecule has 0 aliphatic heterocycles. The Morgan fingerprint density at radius 1 is 1.00 bits per heavy atom. The second-order valence-corrected chi connectivity index (χ2v) is 9.44. The summed E-state index contributed by atoms with van der Waals surface area (Å²) >= 11 is 0. The number of nitrogens with zero attached hydrogens (tertiary/aromatic N) is 3. The van der Waals surface area contributed by atoms with Gasteiger partial charge in [-0.2, -0.15) is 0 Å². The van der Waals surface area contributed by atoms with E-state index in [1.807, 2.05) is 59.6 Å². The maximum atomic E-state index is 12.1. The normalized spacial score (nSPS) is 17.9. The molecule has 1 amide bonds. The van der Waals surface area contributed by atoms with Crippen molar-refractivity contribution in [3.63, 3.8) is 0 Å². The molecule has 1 saturated carbocycles. The lowest BCUT2D eigenvalue weighted by Gasteiger charge is -2.28. The minimum atomic E-state index is -0.471. The predicted molar refractivity (Wildman–Crippen MR) is 142 cm³/mol. The molecule has 1 aliphatic carbocycles. The number of hydrogen-bond acceptors (Lipinski definition) is 5. The Bertz CT molecular complexity index is 1580. The highest BCUT2D eigenvalue weighted by atomic mass is 16.3. The molecule has 0 radical (unpaired) electrons. The third-order valence-corrected chi connectivity index (χ3v) is 7.09. The Labute approximate surface area is 208 Å². The van der Waals surface area contributed by atoms with E-state index in [1.165, 1.54) is 0 Å². The molecular formula is C29H27N5O2. The lowest BCUT2D eigenvalue weighted by Crippen LogP contribution is -2.29. The second-order valence-electron chi connectivity index (χ2n) is 9.44. The molecule has 5 aromatic rings. The monoisotopic (exact) mass is 477 g/mol. The van der Waals surface area contributed by atoms with Crippen LogP contribution in [0.5, 0.6) is 0 Å². The first kappa shape index (κ1) is 22.2. The number of aliphatic hydroxyl groups excluding tert-OH is 1. The van der Waals surface area contributed by atoms with Crippen LogP contribution in [-0.4, -0.2) is 37.7 Å². The Hall–Kier alpha value is -4.23. The quantitative estimate of drug-likeness (QED) is 0.328. The molecule has 3 aromatic heterocycles. The van der Waals surface area contributed by atoms with Gasteiger partial charge in [0.1, 0.15) is 5.65 Å². The van der Waals surface area contributed by atoms with E-state index in [0.29, 0.717) is 11.3 Å². The number of pyridine rings is 2. The molecule has 1 fully saturated rings. The highest BCUT2D eigenvalue weighted by molar-refractivity contribution is 5.99. The largest absolute Gasteiger partial charge is 0.393 e. The van der Waals surface area contributed by atoms with Gasteiger partial charge in [-0.3, -0.25) is 9.78 Å². The maximum Gasteiger partial charge on any atom is 0.250 e. The van der Waals surface area contributed by atoms with Crippen molar-refractivity contribution in [2.24, 2.45) is 5.73 Å². The molecular weight excluding hydrogens is 450 g/mol. The van der Waals surface area contributed by atoms with Crippen LogP contribution in [0.2, 0.25) is 0 Å². The van der Waals surface area contributed by atoms with E-state index in [-0.39, 0.29) is 12.1 Å². The lowest BCUT2D eigenvalue weighted by molar-refractivity contribution is 0.100. The highest BCUT2D eigenvalue weighted by Crippen LogP contribution is 2.32. The summed E-state index contributed by atoms with van der Waals surface area (Å²) in [6.07, 6.45) is 8.67. The molecule has 36 heavy (non-hydrogen) atoms. The Morgan fingerprint density at radius 2 is 1.83 bits per heavy atom. The van der Waals surface area contributed by atoms with Crippen LogP contribution < -0.4 is 11.1 Å². The van der Waals surface area contributed by atoms with Crippen LogP contribution in [0.15, 0.2) is 79.3 Å². The molecule has 2 aromatic carbocycles. The summed E-state index contributed by atoms with van der Waals surface area (Å²) in [6.45, 7) is 0. The van der Waals surface area contributed by atoms with E-state index < -0.39 is 5.91 Å². The fourth-order valence-electron chi connectivity index (χ4n) is 5.17. The van der Waals surface area contributed by atoms with Crippen LogP contribution >= 0.6 is 0 Å². The predicted octanol–water partition coefficient (Wildman–Crippen LogP) is 5.06. The molecule has 1 aliphatic rings. The standard InChI is InChI=1S/C29H27N5O2/c30-28(36)25-10-7-21(16-27(25)33-20-5-8-22(35)9-6-20)34-14-12-24-23(11-13-31-29(24)34)19-15-18-3-1-2-4-26(18)32-17-19/h1-4,7,10-17,20,22,33,35H,5-6,8-9H2,(H2,30,36). The van der Waals surface area contributed by atoms with E-state index in [4.69, 9.17) is 5.73 Å². The number of primary amides is 1. The van der Waals surface area contributed by atoms with Crippen LogP contribution in [0.3, 0.4) is 0 Å². The van der Waals surface area contributed by atoms with Crippen molar-refractivity contribution in [2.45, 2.75) is 37.8 Å². The summed E-state index contributed by atoms with van der Waals surface area (Å²) in [4.78, 5) is 21.4. The van der Waals surface area contributed by atoms with Crippen molar-refractivity contribution in [1.82, 2.24) is 14.5 Å². The number of nitrogens with one attached hydrogen (secondary N) is 1. The molecule has 0 saturated heterocycles. The fraction of sp³-hybridized carbons (Fsp3) is 0.207. The number of anilines is 1. The van der Waals surface area contributed by atoms with Crippen LogP contribution in [0.4, 0.5) is 5.69 Å². The van der Waals surface area contributed by atoms with E-state index in [0.717, 1.165) is 64.4 Å². The van der Waals surface area contributed by atoms with E-state index in [9.17, 15) is 9.90 Å². The number of nitrogens with two attached hydrogens (primary N) is 1. The Kier molecular flexibility index (Phi) is 5.62. The van der Waals surface area contributed by atoms with Crippen molar-refractivity contribution in [3.05, 3.63) is 84.8 Å². The van der Waals surface area contributed by atoms with Gasteiger partial charge < -0.3 is 20.7 Å². The number of hydrogen-bond donors (Lipinski definition) is 3. The first-order chi connectivity index (χ1) is 17.6. The van der Waals surface area contributed by atoms with E-state index in [1.54, 1.807) is 6.07 Å². The van der Waals surface area contributed by atoms with Gasteiger partial charge in [0.25, 0.3) is 5.91 Å². The molecule has 0 spiro atoms. The molecule has 7 nitrogen and oxygen atoms in total.